The Balaban J connectivity index is 2.49. The van der Waals surface area contributed by atoms with Gasteiger partial charge >= 0.3 is 0 Å². The van der Waals surface area contributed by atoms with Gasteiger partial charge < -0.3 is 14.8 Å². The minimum absolute atomic E-state index is 0.488. The van der Waals surface area contributed by atoms with Crippen molar-refractivity contribution in [1.29, 1.82) is 0 Å². The van der Waals surface area contributed by atoms with Gasteiger partial charge in [-0.05, 0) is 12.5 Å². The largest absolute Gasteiger partial charge is 0.356 e. The van der Waals surface area contributed by atoms with Crippen LogP contribution in [0.4, 0.5) is 0 Å². The Morgan fingerprint density at radius 2 is 2.12 bits per heavy atom. The minimum atomic E-state index is -3.13. The summed E-state index contributed by atoms with van der Waals surface area (Å²) in [5.74, 6) is 0.759. The van der Waals surface area contributed by atoms with Crippen LogP contribution in [0.2, 0.25) is 5.02 Å². The number of nitrogens with zero attached hydrogens (tertiary/aromatic N) is 4. The molecule has 0 saturated heterocycles. The van der Waals surface area contributed by atoms with Crippen LogP contribution in [0, 0.1) is 0 Å². The highest BCUT2D eigenvalue weighted by Gasteiger charge is 2.14. The monoisotopic (exact) mass is 377 g/mol. The summed E-state index contributed by atoms with van der Waals surface area (Å²) in [5, 5.41) is 3.97. The summed E-state index contributed by atoms with van der Waals surface area (Å²) in [7, 11) is 2.50. The number of hydrogen-bond donors (Lipinski definition) is 1. The quantitative estimate of drug-likeness (QED) is 0.422. The summed E-state index contributed by atoms with van der Waals surface area (Å²) in [6, 6.07) is 1.93. The molecular formula is C15H28ClN5O2S. The molecule has 1 N–H and O–H groups in total. The predicted molar refractivity (Wildman–Crippen MR) is 100.0 cm³/mol. The Bertz CT molecular complexity index is 657. The highest BCUT2D eigenvalue weighted by Crippen LogP contribution is 2.14. The maximum Gasteiger partial charge on any atom is 0.211 e. The van der Waals surface area contributed by atoms with E-state index in [0.717, 1.165) is 11.7 Å². The molecule has 0 aliphatic carbocycles. The van der Waals surface area contributed by atoms with Crippen molar-refractivity contribution in [2.24, 2.45) is 12.0 Å². The molecule has 0 unspecified atom stereocenters. The van der Waals surface area contributed by atoms with Gasteiger partial charge in [-0.1, -0.05) is 18.5 Å². The lowest BCUT2D eigenvalue weighted by Crippen LogP contribution is -2.40. The number of aliphatic imine (C=N–C) groups is 1. The van der Waals surface area contributed by atoms with Gasteiger partial charge in [-0.15, -0.1) is 0 Å². The Kier molecular flexibility index (Phi) is 8.05. The Morgan fingerprint density at radius 1 is 1.46 bits per heavy atom. The van der Waals surface area contributed by atoms with Crippen molar-refractivity contribution >= 4 is 27.6 Å². The van der Waals surface area contributed by atoms with Crippen LogP contribution in [0.5, 0.6) is 0 Å². The van der Waals surface area contributed by atoms with E-state index in [0.29, 0.717) is 37.6 Å². The fourth-order valence-corrected chi connectivity index (χ4v) is 3.64. The molecule has 0 aliphatic heterocycles. The Morgan fingerprint density at radius 3 is 2.58 bits per heavy atom. The van der Waals surface area contributed by atoms with E-state index in [1.807, 2.05) is 42.7 Å². The molecular weight excluding hydrogens is 350 g/mol. The van der Waals surface area contributed by atoms with E-state index in [-0.39, 0.29) is 0 Å². The predicted octanol–water partition coefficient (Wildman–Crippen LogP) is 1.36. The van der Waals surface area contributed by atoms with Gasteiger partial charge in [0.05, 0.1) is 17.8 Å². The highest BCUT2D eigenvalue weighted by atomic mass is 35.5. The molecule has 9 heteroatoms. The molecule has 1 heterocycles. The maximum absolute atomic E-state index is 11.6. The molecule has 0 saturated carbocycles. The lowest BCUT2D eigenvalue weighted by Gasteiger charge is -2.23. The SMILES string of the molecule is CCN(CCCNC(=NC)N(C)Cc1cc(Cl)cn1C)S(C)(=O)=O. The number of aromatic nitrogens is 1. The van der Waals surface area contributed by atoms with Crippen LogP contribution in [-0.2, 0) is 23.6 Å². The molecule has 0 bridgehead atoms. The number of aryl methyl sites for hydroxylation is 1. The highest BCUT2D eigenvalue weighted by molar-refractivity contribution is 7.88. The van der Waals surface area contributed by atoms with Gasteiger partial charge in [-0.3, -0.25) is 4.99 Å². The van der Waals surface area contributed by atoms with Gasteiger partial charge in [-0.2, -0.15) is 0 Å². The van der Waals surface area contributed by atoms with Crippen LogP contribution < -0.4 is 5.32 Å². The zero-order valence-electron chi connectivity index (χ0n) is 15.1. The van der Waals surface area contributed by atoms with Crippen molar-refractivity contribution in [3.05, 3.63) is 23.0 Å². The first-order chi connectivity index (χ1) is 11.2. The average Bonchev–Trinajstić information content (AvgIpc) is 2.79. The standard InChI is InChI=1S/C15H28ClN5O2S/c1-6-21(24(5,22)23)9-7-8-18-15(17-2)20(4)12-14-10-13(16)11-19(14)3/h10-11H,6-9,12H2,1-5H3,(H,17,18). The fraction of sp³-hybridized carbons (Fsp3) is 0.667. The molecule has 0 radical (unpaired) electrons. The van der Waals surface area contributed by atoms with Gasteiger partial charge in [0.1, 0.15) is 0 Å². The third-order valence-electron chi connectivity index (χ3n) is 3.74. The van der Waals surface area contributed by atoms with Gasteiger partial charge in [0, 0.05) is 52.7 Å². The molecule has 0 amide bonds. The first-order valence-corrected chi connectivity index (χ1v) is 10.1. The summed E-state index contributed by atoms with van der Waals surface area (Å²) in [6.45, 7) is 4.15. The van der Waals surface area contributed by atoms with Gasteiger partial charge in [0.25, 0.3) is 0 Å². The number of rotatable bonds is 8. The molecule has 1 rings (SSSR count). The third-order valence-corrected chi connectivity index (χ3v) is 5.32. The van der Waals surface area contributed by atoms with Gasteiger partial charge in [0.2, 0.25) is 10.0 Å². The maximum atomic E-state index is 11.6. The first-order valence-electron chi connectivity index (χ1n) is 7.86. The Labute approximate surface area is 150 Å². The van der Waals surface area contributed by atoms with Crippen LogP contribution in [0.3, 0.4) is 0 Å². The van der Waals surface area contributed by atoms with E-state index in [2.05, 4.69) is 10.3 Å². The number of halogens is 1. The number of nitrogens with one attached hydrogen (secondary N) is 1. The number of guanidine groups is 1. The van der Waals surface area contributed by atoms with E-state index in [4.69, 9.17) is 11.6 Å². The minimum Gasteiger partial charge on any atom is -0.356 e. The summed E-state index contributed by atoms with van der Waals surface area (Å²) < 4.78 is 26.6. The van der Waals surface area contributed by atoms with Crippen LogP contribution in [0.25, 0.3) is 0 Å². The van der Waals surface area contributed by atoms with Crippen LogP contribution >= 0.6 is 11.6 Å². The molecule has 138 valence electrons. The van der Waals surface area contributed by atoms with Crippen molar-refractivity contribution in [1.82, 2.24) is 19.1 Å². The lowest BCUT2D eigenvalue weighted by atomic mass is 10.4. The van der Waals surface area contributed by atoms with Crippen molar-refractivity contribution in [2.75, 3.05) is 40.0 Å². The molecule has 0 fully saturated rings. The molecule has 7 nitrogen and oxygen atoms in total. The third kappa shape index (κ3) is 6.33. The van der Waals surface area contributed by atoms with E-state index in [1.54, 1.807) is 7.05 Å². The average molecular weight is 378 g/mol. The van der Waals surface area contributed by atoms with Crippen LogP contribution in [0.1, 0.15) is 19.0 Å². The van der Waals surface area contributed by atoms with E-state index in [1.165, 1.54) is 10.6 Å². The summed E-state index contributed by atoms with van der Waals surface area (Å²) in [5.41, 5.74) is 1.08. The normalized spacial score (nSPS) is 12.7. The zero-order chi connectivity index (χ0) is 18.3. The molecule has 1 aromatic rings. The van der Waals surface area contributed by atoms with E-state index in [9.17, 15) is 8.42 Å². The van der Waals surface area contributed by atoms with E-state index < -0.39 is 10.0 Å². The Hall–Kier alpha value is -1.25. The smallest absolute Gasteiger partial charge is 0.211 e. The summed E-state index contributed by atoms with van der Waals surface area (Å²) >= 11 is 6.01. The first kappa shape index (κ1) is 20.8. The summed E-state index contributed by atoms with van der Waals surface area (Å²) in [6.07, 6.45) is 3.82. The van der Waals surface area contributed by atoms with Gasteiger partial charge in [0.15, 0.2) is 5.96 Å². The second kappa shape index (κ2) is 9.29. The molecule has 0 aromatic carbocycles. The van der Waals surface area contributed by atoms with Crippen LogP contribution in [0.15, 0.2) is 17.3 Å². The van der Waals surface area contributed by atoms with Crippen molar-refractivity contribution in [2.45, 2.75) is 19.9 Å². The summed E-state index contributed by atoms with van der Waals surface area (Å²) in [4.78, 5) is 6.26. The molecule has 24 heavy (non-hydrogen) atoms. The van der Waals surface area contributed by atoms with Crippen molar-refractivity contribution in [3.63, 3.8) is 0 Å². The molecule has 0 aliphatic rings. The van der Waals surface area contributed by atoms with Crippen LogP contribution in [-0.4, -0.2) is 68.1 Å². The fourth-order valence-electron chi connectivity index (χ4n) is 2.44. The van der Waals surface area contributed by atoms with Crippen molar-refractivity contribution < 1.29 is 8.42 Å². The number of sulfonamides is 1. The molecule has 1 aromatic heterocycles. The second-order valence-corrected chi connectivity index (χ2v) is 8.12. The van der Waals surface area contributed by atoms with Gasteiger partial charge in [-0.25, -0.2) is 12.7 Å². The van der Waals surface area contributed by atoms with Crippen molar-refractivity contribution in [3.8, 4) is 0 Å². The van der Waals surface area contributed by atoms with E-state index >= 15 is 0 Å². The lowest BCUT2D eigenvalue weighted by molar-refractivity contribution is 0.418. The number of hydrogen-bond acceptors (Lipinski definition) is 3. The molecule has 0 atom stereocenters. The zero-order valence-corrected chi connectivity index (χ0v) is 16.7. The second-order valence-electron chi connectivity index (χ2n) is 5.70. The topological polar surface area (TPSA) is 69.9 Å². The molecule has 0 spiro atoms.